The molecule has 110 valence electrons. The van der Waals surface area contributed by atoms with Crippen LogP contribution in [-0.2, 0) is 11.2 Å². The quantitative estimate of drug-likeness (QED) is 0.854. The van der Waals surface area contributed by atoms with Crippen LogP contribution in [0.3, 0.4) is 0 Å². The molecule has 2 aromatic rings. The molecule has 1 aromatic carbocycles. The molecule has 0 aliphatic rings. The van der Waals surface area contributed by atoms with E-state index in [9.17, 15) is 9.90 Å². The minimum absolute atomic E-state index is 0.451. The number of carboxylic acids is 1. The van der Waals surface area contributed by atoms with Gasteiger partial charge in [0.1, 0.15) is 5.15 Å². The second-order valence-electron chi connectivity index (χ2n) is 5.87. The van der Waals surface area contributed by atoms with Crippen molar-refractivity contribution in [1.82, 2.24) is 4.98 Å². The molecular weight excluding hydrogens is 286 g/mol. The highest BCUT2D eigenvalue weighted by molar-refractivity contribution is 6.29. The Hall–Kier alpha value is -1.87. The molecule has 0 bridgehead atoms. The maximum atomic E-state index is 11.2. The summed E-state index contributed by atoms with van der Waals surface area (Å²) >= 11 is 5.97. The van der Waals surface area contributed by atoms with Gasteiger partial charge < -0.3 is 5.11 Å². The highest BCUT2D eigenvalue weighted by Crippen LogP contribution is 2.27. The number of benzene rings is 1. The Morgan fingerprint density at radius 2 is 2.00 bits per heavy atom. The van der Waals surface area contributed by atoms with Gasteiger partial charge in [-0.25, -0.2) is 4.98 Å². The third kappa shape index (κ3) is 3.61. The van der Waals surface area contributed by atoms with E-state index in [2.05, 4.69) is 4.98 Å². The summed E-state index contributed by atoms with van der Waals surface area (Å²) in [4.78, 5) is 15.6. The first-order valence-electron chi connectivity index (χ1n) is 6.75. The molecule has 2 rings (SSSR count). The van der Waals surface area contributed by atoms with Crippen molar-refractivity contribution in [2.75, 3.05) is 0 Å². The van der Waals surface area contributed by atoms with Crippen molar-refractivity contribution in [1.29, 1.82) is 0 Å². The fraction of sp³-hybridized carbons (Fsp3) is 0.294. The Morgan fingerprint density at radius 1 is 1.29 bits per heavy atom. The van der Waals surface area contributed by atoms with Gasteiger partial charge in [0.25, 0.3) is 0 Å². The third-order valence-corrected chi connectivity index (χ3v) is 3.70. The molecule has 1 N–H and O–H groups in total. The standard InChI is InChI=1S/C17H18ClNO2/c1-11-7-8-14(18)19-15(11)13-6-4-5-12(9-13)10-17(2,3)16(20)21/h4-9H,10H2,1-3H3,(H,20,21). The Morgan fingerprint density at radius 3 is 2.67 bits per heavy atom. The maximum Gasteiger partial charge on any atom is 0.309 e. The molecule has 4 heteroatoms. The molecular formula is C17H18ClNO2. The van der Waals surface area contributed by atoms with Gasteiger partial charge in [0.05, 0.1) is 11.1 Å². The molecule has 0 aliphatic carbocycles. The normalized spacial score (nSPS) is 11.4. The van der Waals surface area contributed by atoms with E-state index in [1.807, 2.05) is 37.3 Å². The van der Waals surface area contributed by atoms with Crippen molar-refractivity contribution in [2.45, 2.75) is 27.2 Å². The zero-order chi connectivity index (χ0) is 15.6. The topological polar surface area (TPSA) is 50.2 Å². The molecule has 0 saturated heterocycles. The van der Waals surface area contributed by atoms with Crippen LogP contribution in [0, 0.1) is 12.3 Å². The second-order valence-corrected chi connectivity index (χ2v) is 6.25. The molecule has 21 heavy (non-hydrogen) atoms. The summed E-state index contributed by atoms with van der Waals surface area (Å²) < 4.78 is 0. The first-order valence-corrected chi connectivity index (χ1v) is 7.13. The molecule has 0 fully saturated rings. The maximum absolute atomic E-state index is 11.2. The largest absolute Gasteiger partial charge is 0.481 e. The minimum atomic E-state index is -0.801. The molecule has 3 nitrogen and oxygen atoms in total. The summed E-state index contributed by atoms with van der Waals surface area (Å²) in [5.41, 5.74) is 3.00. The first-order chi connectivity index (χ1) is 9.79. The molecule has 0 aliphatic heterocycles. The molecule has 0 amide bonds. The van der Waals surface area contributed by atoms with E-state index in [1.165, 1.54) is 0 Å². The predicted octanol–water partition coefficient (Wildman–Crippen LogP) is 4.36. The van der Waals surface area contributed by atoms with Crippen LogP contribution in [0.25, 0.3) is 11.3 Å². The summed E-state index contributed by atoms with van der Waals surface area (Å²) in [6.45, 7) is 5.43. The van der Waals surface area contributed by atoms with Crippen LogP contribution in [0.2, 0.25) is 5.15 Å². The van der Waals surface area contributed by atoms with E-state index in [0.29, 0.717) is 11.6 Å². The van der Waals surface area contributed by atoms with Crippen LogP contribution in [0.4, 0.5) is 0 Å². The van der Waals surface area contributed by atoms with Crippen LogP contribution in [0.5, 0.6) is 0 Å². The second kappa shape index (κ2) is 5.86. The number of aromatic nitrogens is 1. The van der Waals surface area contributed by atoms with E-state index in [-0.39, 0.29) is 0 Å². The van der Waals surface area contributed by atoms with Gasteiger partial charge in [-0.3, -0.25) is 4.79 Å². The summed E-state index contributed by atoms with van der Waals surface area (Å²) in [5, 5.41) is 9.69. The van der Waals surface area contributed by atoms with Gasteiger partial charge in [0, 0.05) is 5.56 Å². The lowest BCUT2D eigenvalue weighted by molar-refractivity contribution is -0.146. The zero-order valence-electron chi connectivity index (χ0n) is 12.4. The fourth-order valence-corrected chi connectivity index (χ4v) is 2.36. The van der Waals surface area contributed by atoms with Crippen molar-refractivity contribution < 1.29 is 9.90 Å². The Balaban J connectivity index is 2.38. The van der Waals surface area contributed by atoms with Crippen LogP contribution < -0.4 is 0 Å². The van der Waals surface area contributed by atoms with Gasteiger partial charge in [0.15, 0.2) is 0 Å². The van der Waals surface area contributed by atoms with E-state index in [1.54, 1.807) is 19.9 Å². The average molecular weight is 304 g/mol. The molecule has 0 unspecified atom stereocenters. The Labute approximate surface area is 129 Å². The monoisotopic (exact) mass is 303 g/mol. The summed E-state index contributed by atoms with van der Waals surface area (Å²) in [7, 11) is 0. The molecule has 0 atom stereocenters. The fourth-order valence-electron chi connectivity index (χ4n) is 2.21. The first kappa shape index (κ1) is 15.5. The number of aliphatic carboxylic acids is 1. The van der Waals surface area contributed by atoms with Crippen molar-refractivity contribution in [3.63, 3.8) is 0 Å². The Kier molecular flexibility index (Phi) is 4.33. The van der Waals surface area contributed by atoms with Gasteiger partial charge in [0.2, 0.25) is 0 Å². The summed E-state index contributed by atoms with van der Waals surface area (Å²) in [5.74, 6) is -0.801. The van der Waals surface area contributed by atoms with E-state index in [0.717, 1.165) is 22.4 Å². The molecule has 1 aromatic heterocycles. The van der Waals surface area contributed by atoms with E-state index >= 15 is 0 Å². The molecule has 0 saturated carbocycles. The van der Waals surface area contributed by atoms with Crippen molar-refractivity contribution >= 4 is 17.6 Å². The van der Waals surface area contributed by atoms with Crippen LogP contribution >= 0.6 is 11.6 Å². The van der Waals surface area contributed by atoms with Crippen LogP contribution in [0.1, 0.15) is 25.0 Å². The summed E-state index contributed by atoms with van der Waals surface area (Å²) in [6.07, 6.45) is 0.468. The highest BCUT2D eigenvalue weighted by atomic mass is 35.5. The SMILES string of the molecule is Cc1ccc(Cl)nc1-c1cccc(CC(C)(C)C(=O)O)c1. The highest BCUT2D eigenvalue weighted by Gasteiger charge is 2.27. The molecule has 0 spiro atoms. The number of halogens is 1. The van der Waals surface area contributed by atoms with Crippen molar-refractivity contribution in [2.24, 2.45) is 5.41 Å². The smallest absolute Gasteiger partial charge is 0.309 e. The number of hydrogen-bond donors (Lipinski definition) is 1. The van der Waals surface area contributed by atoms with Crippen LogP contribution in [-0.4, -0.2) is 16.1 Å². The third-order valence-electron chi connectivity index (χ3n) is 3.49. The van der Waals surface area contributed by atoms with Crippen molar-refractivity contribution in [3.8, 4) is 11.3 Å². The lowest BCUT2D eigenvalue weighted by atomic mass is 9.85. The zero-order valence-corrected chi connectivity index (χ0v) is 13.1. The number of carboxylic acid groups (broad SMARTS) is 1. The van der Waals surface area contributed by atoms with E-state index < -0.39 is 11.4 Å². The van der Waals surface area contributed by atoms with Gasteiger partial charge >= 0.3 is 5.97 Å². The number of aryl methyl sites for hydroxylation is 1. The predicted molar refractivity (Wildman–Crippen MR) is 84.5 cm³/mol. The lowest BCUT2D eigenvalue weighted by Gasteiger charge is -2.19. The number of rotatable bonds is 4. The molecule has 0 radical (unpaired) electrons. The minimum Gasteiger partial charge on any atom is -0.481 e. The summed E-state index contributed by atoms with van der Waals surface area (Å²) in [6, 6.07) is 11.5. The van der Waals surface area contributed by atoms with Crippen molar-refractivity contribution in [3.05, 3.63) is 52.7 Å². The van der Waals surface area contributed by atoms with Crippen LogP contribution in [0.15, 0.2) is 36.4 Å². The molecule has 1 heterocycles. The number of pyridine rings is 1. The van der Waals surface area contributed by atoms with Gasteiger partial charge in [-0.15, -0.1) is 0 Å². The Bertz CT molecular complexity index is 680. The van der Waals surface area contributed by atoms with Gasteiger partial charge in [-0.2, -0.15) is 0 Å². The lowest BCUT2D eigenvalue weighted by Crippen LogP contribution is -2.26. The number of carbonyl (C=O) groups is 1. The van der Waals surface area contributed by atoms with E-state index in [4.69, 9.17) is 11.6 Å². The van der Waals surface area contributed by atoms with Gasteiger partial charge in [-0.1, -0.05) is 35.9 Å². The van der Waals surface area contributed by atoms with Gasteiger partial charge in [-0.05, 0) is 50.5 Å². The number of hydrogen-bond acceptors (Lipinski definition) is 2. The average Bonchev–Trinajstić information content (AvgIpc) is 2.41. The number of nitrogens with zero attached hydrogens (tertiary/aromatic N) is 1.